The number of carbonyl (C=O) groups excluding carboxylic acids is 1. The van der Waals surface area contributed by atoms with E-state index >= 15 is 0 Å². The molecule has 0 bridgehead atoms. The summed E-state index contributed by atoms with van der Waals surface area (Å²) in [6.45, 7) is 3.76. The van der Waals surface area contributed by atoms with Crippen molar-refractivity contribution in [1.82, 2.24) is 0 Å². The molecule has 6 heteroatoms. The molecular weight excluding hydrogens is 357 g/mol. The van der Waals surface area contributed by atoms with Gasteiger partial charge < -0.3 is 9.84 Å². The SMILES string of the molecule is CC1(C)C=Cc2c(ccc(/C=C/C(=O)c3cccc(C(F)(F)F)c3)c2O)O1. The fourth-order valence-electron chi connectivity index (χ4n) is 2.70. The third-order valence-electron chi connectivity index (χ3n) is 4.12. The van der Waals surface area contributed by atoms with Crippen molar-refractivity contribution in [3.8, 4) is 11.5 Å². The molecular formula is C21H17F3O3. The molecule has 3 nitrogen and oxygen atoms in total. The van der Waals surface area contributed by atoms with Crippen molar-refractivity contribution in [2.45, 2.75) is 25.6 Å². The van der Waals surface area contributed by atoms with Gasteiger partial charge in [-0.1, -0.05) is 12.1 Å². The molecule has 0 saturated carbocycles. The molecule has 140 valence electrons. The van der Waals surface area contributed by atoms with E-state index in [1.165, 1.54) is 18.2 Å². The predicted molar refractivity (Wildman–Crippen MR) is 96.7 cm³/mol. The highest BCUT2D eigenvalue weighted by molar-refractivity contribution is 6.07. The van der Waals surface area contributed by atoms with Gasteiger partial charge in [0.15, 0.2) is 5.78 Å². The van der Waals surface area contributed by atoms with Crippen LogP contribution in [0.1, 0.15) is 40.9 Å². The van der Waals surface area contributed by atoms with Crippen LogP contribution in [0.3, 0.4) is 0 Å². The molecule has 0 amide bonds. The smallest absolute Gasteiger partial charge is 0.416 e. The molecule has 0 aromatic heterocycles. The summed E-state index contributed by atoms with van der Waals surface area (Å²) < 4.78 is 44.1. The summed E-state index contributed by atoms with van der Waals surface area (Å²) in [5, 5.41) is 10.4. The summed E-state index contributed by atoms with van der Waals surface area (Å²) in [6, 6.07) is 7.47. The van der Waals surface area contributed by atoms with E-state index in [9.17, 15) is 23.1 Å². The molecule has 2 aromatic carbocycles. The van der Waals surface area contributed by atoms with E-state index in [-0.39, 0.29) is 11.3 Å². The third kappa shape index (κ3) is 4.05. The predicted octanol–water partition coefficient (Wildman–Crippen LogP) is 5.49. The van der Waals surface area contributed by atoms with E-state index < -0.39 is 23.1 Å². The monoisotopic (exact) mass is 374 g/mol. The molecule has 0 unspecified atom stereocenters. The first-order valence-electron chi connectivity index (χ1n) is 8.21. The maximum absolute atomic E-state index is 12.8. The Labute approximate surface area is 154 Å². The van der Waals surface area contributed by atoms with Crippen molar-refractivity contribution in [3.05, 3.63) is 70.8 Å². The largest absolute Gasteiger partial charge is 0.507 e. The van der Waals surface area contributed by atoms with Crippen LogP contribution < -0.4 is 4.74 Å². The lowest BCUT2D eigenvalue weighted by molar-refractivity contribution is -0.137. The first-order valence-corrected chi connectivity index (χ1v) is 8.21. The number of ketones is 1. The van der Waals surface area contributed by atoms with Crippen molar-refractivity contribution in [2.75, 3.05) is 0 Å². The van der Waals surface area contributed by atoms with Gasteiger partial charge in [-0.25, -0.2) is 0 Å². The number of hydrogen-bond donors (Lipinski definition) is 1. The van der Waals surface area contributed by atoms with Gasteiger partial charge in [-0.3, -0.25) is 4.79 Å². The van der Waals surface area contributed by atoms with E-state index in [2.05, 4.69) is 0 Å². The summed E-state index contributed by atoms with van der Waals surface area (Å²) in [7, 11) is 0. The Morgan fingerprint density at radius 2 is 1.93 bits per heavy atom. The Kier molecular flexibility index (Phi) is 4.59. The van der Waals surface area contributed by atoms with Crippen LogP contribution >= 0.6 is 0 Å². The highest BCUT2D eigenvalue weighted by atomic mass is 19.4. The lowest BCUT2D eigenvalue weighted by Crippen LogP contribution is -2.27. The van der Waals surface area contributed by atoms with Crippen molar-refractivity contribution in [1.29, 1.82) is 0 Å². The maximum Gasteiger partial charge on any atom is 0.416 e. The van der Waals surface area contributed by atoms with E-state index in [4.69, 9.17) is 4.74 Å². The number of alkyl halides is 3. The van der Waals surface area contributed by atoms with E-state index in [0.717, 1.165) is 18.2 Å². The summed E-state index contributed by atoms with van der Waals surface area (Å²) in [6.07, 6.45) is 1.52. The number of hydrogen-bond acceptors (Lipinski definition) is 3. The Bertz CT molecular complexity index is 954. The van der Waals surface area contributed by atoms with Crippen LogP contribution in [-0.2, 0) is 6.18 Å². The number of benzene rings is 2. The molecule has 1 aliphatic heterocycles. The summed E-state index contributed by atoms with van der Waals surface area (Å²) in [5.41, 5.74) is -0.604. The Morgan fingerprint density at radius 3 is 2.63 bits per heavy atom. The van der Waals surface area contributed by atoms with Gasteiger partial charge in [0.25, 0.3) is 0 Å². The number of fused-ring (bicyclic) bond motifs is 1. The number of phenols is 1. The zero-order valence-corrected chi connectivity index (χ0v) is 14.7. The maximum atomic E-state index is 12.8. The van der Waals surface area contributed by atoms with Crippen LogP contribution in [0.15, 0.2) is 48.6 Å². The second-order valence-corrected chi connectivity index (χ2v) is 6.73. The van der Waals surface area contributed by atoms with E-state index in [0.29, 0.717) is 16.9 Å². The standard InChI is InChI=1S/C21H17F3O3/c1-20(2)11-10-16-18(27-20)9-7-13(19(16)26)6-8-17(25)14-4-3-5-15(12-14)21(22,23)24/h3-12,26H,1-2H3/b8-6+. The number of ether oxygens (including phenoxy) is 1. The molecule has 2 aromatic rings. The number of phenolic OH excluding ortho intramolecular Hbond substituents is 1. The molecule has 0 spiro atoms. The van der Waals surface area contributed by atoms with Crippen LogP contribution in [-0.4, -0.2) is 16.5 Å². The molecule has 0 aliphatic carbocycles. The number of carbonyl (C=O) groups is 1. The number of allylic oxidation sites excluding steroid dienone is 1. The highest BCUT2D eigenvalue weighted by Crippen LogP contribution is 2.38. The van der Waals surface area contributed by atoms with Crippen LogP contribution in [0.25, 0.3) is 12.2 Å². The minimum absolute atomic E-state index is 0.0626. The topological polar surface area (TPSA) is 46.5 Å². The molecule has 1 N–H and O–H groups in total. The minimum atomic E-state index is -4.52. The van der Waals surface area contributed by atoms with Crippen LogP contribution in [0.4, 0.5) is 13.2 Å². The van der Waals surface area contributed by atoms with Gasteiger partial charge in [0.05, 0.1) is 11.1 Å². The lowest BCUT2D eigenvalue weighted by atomic mass is 9.99. The fraction of sp³-hybridized carbons (Fsp3) is 0.190. The summed E-state index contributed by atoms with van der Waals surface area (Å²) in [5.74, 6) is -0.139. The number of halogens is 3. The summed E-state index contributed by atoms with van der Waals surface area (Å²) >= 11 is 0. The molecule has 0 atom stereocenters. The Morgan fingerprint density at radius 1 is 1.19 bits per heavy atom. The molecule has 1 aliphatic rings. The number of aromatic hydroxyl groups is 1. The minimum Gasteiger partial charge on any atom is -0.507 e. The van der Waals surface area contributed by atoms with E-state index in [1.807, 2.05) is 13.8 Å². The van der Waals surface area contributed by atoms with Crippen molar-refractivity contribution in [3.63, 3.8) is 0 Å². The highest BCUT2D eigenvalue weighted by Gasteiger charge is 2.30. The first-order chi connectivity index (χ1) is 12.6. The molecule has 0 radical (unpaired) electrons. The third-order valence-corrected chi connectivity index (χ3v) is 4.12. The molecule has 1 heterocycles. The second kappa shape index (κ2) is 6.61. The molecule has 3 rings (SSSR count). The van der Waals surface area contributed by atoms with Gasteiger partial charge >= 0.3 is 6.18 Å². The van der Waals surface area contributed by atoms with Gasteiger partial charge in [-0.05, 0) is 62.4 Å². The van der Waals surface area contributed by atoms with Crippen molar-refractivity contribution in [2.24, 2.45) is 0 Å². The normalized spacial score (nSPS) is 15.4. The van der Waals surface area contributed by atoms with Crippen molar-refractivity contribution < 1.29 is 27.8 Å². The molecule has 27 heavy (non-hydrogen) atoms. The number of rotatable bonds is 3. The summed E-state index contributed by atoms with van der Waals surface area (Å²) in [4.78, 5) is 12.2. The fourth-order valence-corrected chi connectivity index (χ4v) is 2.70. The average Bonchev–Trinajstić information content (AvgIpc) is 2.59. The molecule has 0 fully saturated rings. The first kappa shape index (κ1) is 18.8. The van der Waals surface area contributed by atoms with Gasteiger partial charge in [0.1, 0.15) is 17.1 Å². The average molecular weight is 374 g/mol. The van der Waals surface area contributed by atoms with Gasteiger partial charge in [0.2, 0.25) is 0 Å². The quantitative estimate of drug-likeness (QED) is 0.571. The van der Waals surface area contributed by atoms with Crippen LogP contribution in [0.2, 0.25) is 0 Å². The van der Waals surface area contributed by atoms with Crippen molar-refractivity contribution >= 4 is 17.9 Å². The van der Waals surface area contributed by atoms with Gasteiger partial charge in [0, 0.05) is 11.1 Å². The van der Waals surface area contributed by atoms with Crippen LogP contribution in [0, 0.1) is 0 Å². The zero-order valence-electron chi connectivity index (χ0n) is 14.7. The lowest BCUT2D eigenvalue weighted by Gasteiger charge is -2.28. The van der Waals surface area contributed by atoms with Gasteiger partial charge in [-0.15, -0.1) is 0 Å². The van der Waals surface area contributed by atoms with Crippen LogP contribution in [0.5, 0.6) is 11.5 Å². The second-order valence-electron chi connectivity index (χ2n) is 6.73. The molecule has 0 saturated heterocycles. The van der Waals surface area contributed by atoms with E-state index in [1.54, 1.807) is 24.3 Å². The van der Waals surface area contributed by atoms with Gasteiger partial charge in [-0.2, -0.15) is 13.2 Å². The Balaban J connectivity index is 1.86. The Hall–Kier alpha value is -3.02. The zero-order chi connectivity index (χ0) is 19.8.